The van der Waals surface area contributed by atoms with E-state index >= 15 is 0 Å². The van der Waals surface area contributed by atoms with Crippen molar-refractivity contribution in [3.05, 3.63) is 23.5 Å². The molecular formula is C15H23N3O. The highest BCUT2D eigenvalue weighted by molar-refractivity contribution is 5.34. The minimum atomic E-state index is 0.644. The van der Waals surface area contributed by atoms with Gasteiger partial charge in [-0.3, -0.25) is 4.98 Å². The van der Waals surface area contributed by atoms with E-state index in [-0.39, 0.29) is 0 Å². The zero-order valence-corrected chi connectivity index (χ0v) is 11.7. The van der Waals surface area contributed by atoms with Gasteiger partial charge in [0.2, 0.25) is 0 Å². The Kier molecular flexibility index (Phi) is 3.99. The number of aryl methyl sites for hydroxylation is 1. The van der Waals surface area contributed by atoms with E-state index in [0.717, 1.165) is 37.4 Å². The Bertz CT molecular complexity index is 427. The molecule has 104 valence electrons. The summed E-state index contributed by atoms with van der Waals surface area (Å²) >= 11 is 0. The number of nitrogens with zero attached hydrogens (tertiary/aromatic N) is 2. The largest absolute Gasteiger partial charge is 0.492 e. The van der Waals surface area contributed by atoms with Gasteiger partial charge in [-0.15, -0.1) is 0 Å². The molecule has 0 aromatic carbocycles. The van der Waals surface area contributed by atoms with Crippen LogP contribution < -0.4 is 10.1 Å². The summed E-state index contributed by atoms with van der Waals surface area (Å²) < 4.78 is 5.60. The third-order valence-corrected chi connectivity index (χ3v) is 4.14. The topological polar surface area (TPSA) is 37.4 Å². The van der Waals surface area contributed by atoms with Crippen molar-refractivity contribution in [2.24, 2.45) is 0 Å². The average Bonchev–Trinajstić information content (AvgIpc) is 2.46. The lowest BCUT2D eigenvalue weighted by Gasteiger charge is -2.29. The molecule has 0 radical (unpaired) electrons. The molecule has 0 amide bonds. The van der Waals surface area contributed by atoms with Crippen molar-refractivity contribution < 1.29 is 4.74 Å². The number of hydrogen-bond donors (Lipinski definition) is 1. The van der Waals surface area contributed by atoms with Crippen molar-refractivity contribution in [3.8, 4) is 5.75 Å². The van der Waals surface area contributed by atoms with Crippen LogP contribution in [0.4, 0.5) is 0 Å². The molecule has 1 aromatic rings. The standard InChI is InChI=1S/C15H23N3O/c1-18-6-4-13(5-7-18)16-10-14-9-12-3-2-8-19-15(12)11-17-14/h9,11,13,16H,2-8,10H2,1H3. The van der Waals surface area contributed by atoms with E-state index in [1.54, 1.807) is 0 Å². The molecule has 1 aromatic heterocycles. The van der Waals surface area contributed by atoms with Crippen LogP contribution in [-0.4, -0.2) is 42.7 Å². The predicted octanol–water partition coefficient (Wildman–Crippen LogP) is 1.59. The third kappa shape index (κ3) is 3.25. The molecule has 1 N–H and O–H groups in total. The number of hydrogen-bond acceptors (Lipinski definition) is 4. The molecule has 0 saturated carbocycles. The number of fused-ring (bicyclic) bond motifs is 1. The van der Waals surface area contributed by atoms with Gasteiger partial charge >= 0.3 is 0 Å². The van der Waals surface area contributed by atoms with Crippen LogP contribution in [-0.2, 0) is 13.0 Å². The van der Waals surface area contributed by atoms with Crippen LogP contribution in [0.2, 0.25) is 0 Å². The maximum Gasteiger partial charge on any atom is 0.140 e. The highest BCUT2D eigenvalue weighted by atomic mass is 16.5. The van der Waals surface area contributed by atoms with Crippen LogP contribution in [0.15, 0.2) is 12.3 Å². The van der Waals surface area contributed by atoms with Crippen LogP contribution in [0.3, 0.4) is 0 Å². The normalized spacial score (nSPS) is 20.9. The first-order valence-corrected chi connectivity index (χ1v) is 7.34. The molecular weight excluding hydrogens is 238 g/mol. The molecule has 2 aliphatic heterocycles. The molecule has 0 unspecified atom stereocenters. The molecule has 1 saturated heterocycles. The maximum absolute atomic E-state index is 5.60. The van der Waals surface area contributed by atoms with Gasteiger partial charge < -0.3 is 15.0 Å². The van der Waals surface area contributed by atoms with Crippen LogP contribution in [0, 0.1) is 0 Å². The van der Waals surface area contributed by atoms with E-state index in [4.69, 9.17) is 4.74 Å². The first-order valence-electron chi connectivity index (χ1n) is 7.34. The second-order valence-electron chi connectivity index (χ2n) is 5.69. The summed E-state index contributed by atoms with van der Waals surface area (Å²) in [6, 6.07) is 2.85. The Morgan fingerprint density at radius 2 is 2.26 bits per heavy atom. The smallest absolute Gasteiger partial charge is 0.140 e. The van der Waals surface area contributed by atoms with E-state index in [2.05, 4.69) is 28.3 Å². The number of rotatable bonds is 3. The minimum absolute atomic E-state index is 0.644. The van der Waals surface area contributed by atoms with Crippen molar-refractivity contribution >= 4 is 0 Å². The first kappa shape index (κ1) is 12.9. The molecule has 0 atom stereocenters. The lowest BCUT2D eigenvalue weighted by molar-refractivity contribution is 0.233. The fourth-order valence-electron chi connectivity index (χ4n) is 2.86. The van der Waals surface area contributed by atoms with E-state index in [0.29, 0.717) is 6.04 Å². The van der Waals surface area contributed by atoms with E-state index in [1.165, 1.54) is 31.5 Å². The molecule has 1 fully saturated rings. The van der Waals surface area contributed by atoms with Gasteiger partial charge in [0.25, 0.3) is 0 Å². The fraction of sp³-hybridized carbons (Fsp3) is 0.667. The van der Waals surface area contributed by atoms with Gasteiger partial charge in [-0.1, -0.05) is 0 Å². The van der Waals surface area contributed by atoms with Crippen molar-refractivity contribution in [2.45, 2.75) is 38.3 Å². The van der Waals surface area contributed by atoms with E-state index in [9.17, 15) is 0 Å². The highest BCUT2D eigenvalue weighted by Crippen LogP contribution is 2.24. The van der Waals surface area contributed by atoms with Crippen molar-refractivity contribution in [2.75, 3.05) is 26.7 Å². The average molecular weight is 261 g/mol. The van der Waals surface area contributed by atoms with Gasteiger partial charge in [0, 0.05) is 12.6 Å². The second kappa shape index (κ2) is 5.88. The second-order valence-corrected chi connectivity index (χ2v) is 5.69. The van der Waals surface area contributed by atoms with Crippen LogP contribution >= 0.6 is 0 Å². The highest BCUT2D eigenvalue weighted by Gasteiger charge is 2.16. The SMILES string of the molecule is CN1CCC(NCc2cc3c(cn2)OCCC3)CC1. The molecule has 4 heteroatoms. The number of pyridine rings is 1. The van der Waals surface area contributed by atoms with E-state index < -0.39 is 0 Å². The Balaban J connectivity index is 1.55. The van der Waals surface area contributed by atoms with Gasteiger partial charge in [-0.2, -0.15) is 0 Å². The van der Waals surface area contributed by atoms with Gasteiger partial charge in [-0.05, 0) is 57.5 Å². The van der Waals surface area contributed by atoms with Gasteiger partial charge in [0.15, 0.2) is 0 Å². The van der Waals surface area contributed by atoms with Crippen molar-refractivity contribution in [1.82, 2.24) is 15.2 Å². The summed E-state index contributed by atoms with van der Waals surface area (Å²) in [5.74, 6) is 0.981. The van der Waals surface area contributed by atoms with Gasteiger partial charge in [-0.25, -0.2) is 0 Å². The number of likely N-dealkylation sites (tertiary alicyclic amines) is 1. The zero-order valence-electron chi connectivity index (χ0n) is 11.7. The third-order valence-electron chi connectivity index (χ3n) is 4.14. The Morgan fingerprint density at radius 3 is 3.11 bits per heavy atom. The van der Waals surface area contributed by atoms with Crippen LogP contribution in [0.1, 0.15) is 30.5 Å². The summed E-state index contributed by atoms with van der Waals surface area (Å²) in [6.45, 7) is 4.11. The van der Waals surface area contributed by atoms with Gasteiger partial charge in [0.1, 0.15) is 5.75 Å². The molecule has 3 heterocycles. The fourth-order valence-corrected chi connectivity index (χ4v) is 2.86. The lowest BCUT2D eigenvalue weighted by atomic mass is 10.0. The number of ether oxygens (including phenoxy) is 1. The minimum Gasteiger partial charge on any atom is -0.492 e. The summed E-state index contributed by atoms with van der Waals surface area (Å²) in [6.07, 6.45) is 6.62. The molecule has 2 aliphatic rings. The molecule has 0 spiro atoms. The molecule has 19 heavy (non-hydrogen) atoms. The Hall–Kier alpha value is -1.13. The van der Waals surface area contributed by atoms with Crippen LogP contribution in [0.25, 0.3) is 0 Å². The van der Waals surface area contributed by atoms with Crippen molar-refractivity contribution in [1.29, 1.82) is 0 Å². The number of aromatic nitrogens is 1. The van der Waals surface area contributed by atoms with Gasteiger partial charge in [0.05, 0.1) is 18.5 Å². The lowest BCUT2D eigenvalue weighted by Crippen LogP contribution is -2.40. The predicted molar refractivity (Wildman–Crippen MR) is 75.4 cm³/mol. The monoisotopic (exact) mass is 261 g/mol. The maximum atomic E-state index is 5.60. The van der Waals surface area contributed by atoms with E-state index in [1.807, 2.05) is 6.20 Å². The molecule has 4 nitrogen and oxygen atoms in total. The Morgan fingerprint density at radius 1 is 1.42 bits per heavy atom. The summed E-state index contributed by atoms with van der Waals surface area (Å²) in [4.78, 5) is 6.89. The molecule has 0 bridgehead atoms. The Labute approximate surface area is 115 Å². The zero-order chi connectivity index (χ0) is 13.1. The molecule has 3 rings (SSSR count). The summed E-state index contributed by atoms with van der Waals surface area (Å²) in [5, 5.41) is 3.64. The molecule has 0 aliphatic carbocycles. The summed E-state index contributed by atoms with van der Waals surface area (Å²) in [7, 11) is 2.20. The quantitative estimate of drug-likeness (QED) is 0.896. The van der Waals surface area contributed by atoms with Crippen molar-refractivity contribution in [3.63, 3.8) is 0 Å². The first-order chi connectivity index (χ1) is 9.31. The summed E-state index contributed by atoms with van der Waals surface area (Å²) in [5.41, 5.74) is 2.46. The number of nitrogens with one attached hydrogen (secondary N) is 1. The number of piperidine rings is 1. The van der Waals surface area contributed by atoms with Crippen LogP contribution in [0.5, 0.6) is 5.75 Å².